The molecule has 2 aromatic rings. The summed E-state index contributed by atoms with van der Waals surface area (Å²) in [5.41, 5.74) is 1.15. The van der Waals surface area contributed by atoms with Crippen LogP contribution >= 0.6 is 0 Å². The van der Waals surface area contributed by atoms with E-state index in [0.717, 1.165) is 24.1 Å². The molecule has 26 heavy (non-hydrogen) atoms. The molecule has 0 saturated carbocycles. The van der Waals surface area contributed by atoms with E-state index < -0.39 is 21.4 Å². The number of methoxy groups -OCH3 is 1. The topological polar surface area (TPSA) is 88.3 Å². The largest absolute Gasteiger partial charge is 0.496 e. The fraction of sp³-hybridized carbons (Fsp3) is 0.389. The Kier molecular flexibility index (Phi) is 5.58. The highest BCUT2D eigenvalue weighted by atomic mass is 32.2. The van der Waals surface area contributed by atoms with E-state index in [4.69, 9.17) is 4.74 Å². The predicted molar refractivity (Wildman–Crippen MR) is 99.4 cm³/mol. The van der Waals surface area contributed by atoms with Gasteiger partial charge in [-0.1, -0.05) is 20.8 Å². The summed E-state index contributed by atoms with van der Waals surface area (Å²) in [6.45, 7) is 5.90. The van der Waals surface area contributed by atoms with Crippen molar-refractivity contribution in [3.05, 3.63) is 51.7 Å². The highest BCUT2D eigenvalue weighted by Gasteiger charge is 2.23. The van der Waals surface area contributed by atoms with Gasteiger partial charge in [-0.25, -0.2) is 17.5 Å². The molecule has 0 spiro atoms. The zero-order valence-electron chi connectivity index (χ0n) is 15.4. The lowest BCUT2D eigenvalue weighted by molar-refractivity contribution is 0.397. The molecule has 0 atom stereocenters. The smallest absolute Gasteiger partial charge is 0.256 e. The van der Waals surface area contributed by atoms with Gasteiger partial charge in [0.05, 0.1) is 18.9 Å². The number of rotatable bonds is 5. The van der Waals surface area contributed by atoms with Crippen LogP contribution in [0.25, 0.3) is 11.1 Å². The van der Waals surface area contributed by atoms with E-state index in [0.29, 0.717) is 16.9 Å². The van der Waals surface area contributed by atoms with Crippen LogP contribution in [0.1, 0.15) is 31.9 Å². The van der Waals surface area contributed by atoms with Gasteiger partial charge in [0.2, 0.25) is 10.0 Å². The van der Waals surface area contributed by atoms with Crippen molar-refractivity contribution in [1.29, 1.82) is 0 Å². The van der Waals surface area contributed by atoms with E-state index in [9.17, 15) is 17.6 Å². The molecule has 1 heterocycles. The summed E-state index contributed by atoms with van der Waals surface area (Å²) in [6.07, 6.45) is 2.02. The molecule has 0 aliphatic carbocycles. The average Bonchev–Trinajstić information content (AvgIpc) is 2.52. The van der Waals surface area contributed by atoms with Gasteiger partial charge in [0.1, 0.15) is 11.6 Å². The lowest BCUT2D eigenvalue weighted by Gasteiger charge is -2.24. The summed E-state index contributed by atoms with van der Waals surface area (Å²) < 4.78 is 44.5. The minimum atomic E-state index is -3.45. The maximum atomic E-state index is 13.7. The first-order chi connectivity index (χ1) is 11.9. The second kappa shape index (κ2) is 7.20. The minimum absolute atomic E-state index is 0.0507. The molecule has 0 saturated heterocycles. The molecule has 1 aromatic heterocycles. The summed E-state index contributed by atoms with van der Waals surface area (Å²) >= 11 is 0. The number of benzene rings is 1. The van der Waals surface area contributed by atoms with Crippen molar-refractivity contribution in [2.24, 2.45) is 0 Å². The Balaban J connectivity index is 2.76. The zero-order valence-corrected chi connectivity index (χ0v) is 16.3. The SMILES string of the molecule is COc1cc(CNS(C)(=O)=O)c(-c2cc(F)c[nH]c2=O)cc1C(C)(C)C. The minimum Gasteiger partial charge on any atom is -0.496 e. The number of hydrogen-bond acceptors (Lipinski definition) is 4. The van der Waals surface area contributed by atoms with Crippen LogP contribution in [0.5, 0.6) is 5.75 Å². The van der Waals surface area contributed by atoms with Gasteiger partial charge < -0.3 is 9.72 Å². The summed E-state index contributed by atoms with van der Waals surface area (Å²) in [6, 6.07) is 4.57. The monoisotopic (exact) mass is 382 g/mol. The van der Waals surface area contributed by atoms with E-state index in [1.807, 2.05) is 20.8 Å². The molecule has 0 aliphatic heterocycles. The first-order valence-corrected chi connectivity index (χ1v) is 9.86. The van der Waals surface area contributed by atoms with Gasteiger partial charge in [-0.15, -0.1) is 0 Å². The highest BCUT2D eigenvalue weighted by Crippen LogP contribution is 2.36. The molecule has 142 valence electrons. The van der Waals surface area contributed by atoms with Gasteiger partial charge in [-0.05, 0) is 34.7 Å². The van der Waals surface area contributed by atoms with Crippen LogP contribution < -0.4 is 15.0 Å². The molecule has 6 nitrogen and oxygen atoms in total. The van der Waals surface area contributed by atoms with Crippen molar-refractivity contribution >= 4 is 10.0 Å². The number of H-pyrrole nitrogens is 1. The molecule has 8 heteroatoms. The summed E-state index contributed by atoms with van der Waals surface area (Å²) in [5, 5.41) is 0. The second-order valence-corrected chi connectivity index (χ2v) is 8.95. The standard InChI is InChI=1S/C18H23FN2O4S/c1-18(2,3)15-8-13(14-7-12(19)10-20-17(14)22)11(6-16(15)25-4)9-21-26(5,23)24/h6-8,10,21H,9H2,1-5H3,(H,20,22). The van der Waals surface area contributed by atoms with Crippen LogP contribution in [0, 0.1) is 5.82 Å². The lowest BCUT2D eigenvalue weighted by atomic mass is 9.83. The summed E-state index contributed by atoms with van der Waals surface area (Å²) in [7, 11) is -1.93. The Morgan fingerprint density at radius 3 is 2.38 bits per heavy atom. The second-order valence-electron chi connectivity index (χ2n) is 7.11. The Morgan fingerprint density at radius 2 is 1.85 bits per heavy atom. The van der Waals surface area contributed by atoms with E-state index in [1.165, 1.54) is 7.11 Å². The number of ether oxygens (including phenoxy) is 1. The highest BCUT2D eigenvalue weighted by molar-refractivity contribution is 7.88. The van der Waals surface area contributed by atoms with Gasteiger partial charge in [0.25, 0.3) is 5.56 Å². The Morgan fingerprint density at radius 1 is 1.19 bits per heavy atom. The molecule has 1 aromatic carbocycles. The summed E-state index contributed by atoms with van der Waals surface area (Å²) in [4.78, 5) is 14.6. The van der Waals surface area contributed by atoms with Gasteiger partial charge in [-0.3, -0.25) is 4.79 Å². The van der Waals surface area contributed by atoms with Crippen molar-refractivity contribution in [3.8, 4) is 16.9 Å². The van der Waals surface area contributed by atoms with E-state index >= 15 is 0 Å². The molecule has 0 bridgehead atoms. The third kappa shape index (κ3) is 4.70. The number of aromatic amines is 1. The third-order valence-electron chi connectivity index (χ3n) is 3.92. The van der Waals surface area contributed by atoms with Crippen molar-refractivity contribution in [1.82, 2.24) is 9.71 Å². The van der Waals surface area contributed by atoms with Gasteiger partial charge in [-0.2, -0.15) is 0 Å². The average molecular weight is 382 g/mol. The van der Waals surface area contributed by atoms with Crippen molar-refractivity contribution in [2.75, 3.05) is 13.4 Å². The Hall–Kier alpha value is -2.19. The maximum absolute atomic E-state index is 13.7. The number of sulfonamides is 1. The van der Waals surface area contributed by atoms with Gasteiger partial charge in [0, 0.05) is 18.3 Å². The molecule has 0 unspecified atom stereocenters. The number of nitrogens with one attached hydrogen (secondary N) is 2. The number of hydrogen-bond donors (Lipinski definition) is 2. The summed E-state index contributed by atoms with van der Waals surface area (Å²) in [5.74, 6) is -0.0193. The fourth-order valence-electron chi connectivity index (χ4n) is 2.64. The molecular formula is C18H23FN2O4S. The van der Waals surface area contributed by atoms with Crippen molar-refractivity contribution < 1.29 is 17.5 Å². The first-order valence-electron chi connectivity index (χ1n) is 7.97. The molecular weight excluding hydrogens is 359 g/mol. The fourth-order valence-corrected chi connectivity index (χ4v) is 3.06. The molecule has 2 rings (SSSR count). The van der Waals surface area contributed by atoms with Crippen molar-refractivity contribution in [3.63, 3.8) is 0 Å². The molecule has 0 aliphatic rings. The van der Waals surface area contributed by atoms with E-state index in [1.54, 1.807) is 12.1 Å². The van der Waals surface area contributed by atoms with E-state index in [2.05, 4.69) is 9.71 Å². The van der Waals surface area contributed by atoms with E-state index in [-0.39, 0.29) is 17.5 Å². The normalized spacial score (nSPS) is 12.2. The predicted octanol–water partition coefficient (Wildman–Crippen LogP) is 2.54. The Labute approximate surface area is 152 Å². The zero-order chi connectivity index (χ0) is 19.7. The van der Waals surface area contributed by atoms with Crippen LogP contribution in [-0.2, 0) is 22.0 Å². The van der Waals surface area contributed by atoms with Crippen LogP contribution in [0.2, 0.25) is 0 Å². The molecule has 0 radical (unpaired) electrons. The molecule has 2 N–H and O–H groups in total. The third-order valence-corrected chi connectivity index (χ3v) is 4.59. The van der Waals surface area contributed by atoms with Gasteiger partial charge in [0.15, 0.2) is 0 Å². The number of aromatic nitrogens is 1. The first kappa shape index (κ1) is 20.1. The number of halogens is 1. The quantitative estimate of drug-likeness (QED) is 0.832. The number of pyridine rings is 1. The molecule has 0 fully saturated rings. The van der Waals surface area contributed by atoms with Crippen LogP contribution in [-0.4, -0.2) is 26.8 Å². The Bertz CT molecular complexity index is 976. The van der Waals surface area contributed by atoms with Crippen molar-refractivity contribution in [2.45, 2.75) is 32.7 Å². The van der Waals surface area contributed by atoms with Gasteiger partial charge >= 0.3 is 0 Å². The van der Waals surface area contributed by atoms with Crippen LogP contribution in [0.3, 0.4) is 0 Å². The van der Waals surface area contributed by atoms with Crippen LogP contribution in [0.4, 0.5) is 4.39 Å². The maximum Gasteiger partial charge on any atom is 0.256 e. The lowest BCUT2D eigenvalue weighted by Crippen LogP contribution is -2.23. The molecule has 0 amide bonds. The van der Waals surface area contributed by atoms with Crippen LogP contribution in [0.15, 0.2) is 29.2 Å².